The van der Waals surface area contributed by atoms with E-state index in [9.17, 15) is 0 Å². The van der Waals surface area contributed by atoms with Crippen LogP contribution in [0.5, 0.6) is 0 Å². The van der Waals surface area contributed by atoms with Gasteiger partial charge in [0.1, 0.15) is 0 Å². The third kappa shape index (κ3) is 3.61. The van der Waals surface area contributed by atoms with Crippen molar-refractivity contribution in [3.8, 4) is 0 Å². The SMILES string of the molecule is CCN(CC)c1ccc([C@@H]2COCCN2)cc1.Cl. The van der Waals surface area contributed by atoms with E-state index in [1.165, 1.54) is 11.3 Å². The summed E-state index contributed by atoms with van der Waals surface area (Å²) in [6.07, 6.45) is 0. The second-order valence-electron chi connectivity index (χ2n) is 4.35. The van der Waals surface area contributed by atoms with Crippen LogP contribution in [0.1, 0.15) is 25.5 Å². The molecule has 1 saturated heterocycles. The predicted molar refractivity (Wildman–Crippen MR) is 78.8 cm³/mol. The normalized spacial score (nSPS) is 19.1. The number of nitrogens with one attached hydrogen (secondary N) is 1. The molecule has 1 aliphatic rings. The van der Waals surface area contributed by atoms with Crippen molar-refractivity contribution in [3.05, 3.63) is 29.8 Å². The van der Waals surface area contributed by atoms with Crippen LogP contribution < -0.4 is 10.2 Å². The third-order valence-electron chi connectivity index (χ3n) is 3.35. The minimum atomic E-state index is 0. The smallest absolute Gasteiger partial charge is 0.0662 e. The fourth-order valence-corrected chi connectivity index (χ4v) is 2.29. The molecule has 1 aliphatic heterocycles. The van der Waals surface area contributed by atoms with Crippen LogP contribution in [-0.4, -0.2) is 32.8 Å². The van der Waals surface area contributed by atoms with Crippen molar-refractivity contribution >= 4 is 18.1 Å². The molecule has 0 amide bonds. The summed E-state index contributed by atoms with van der Waals surface area (Å²) in [5.41, 5.74) is 2.62. The summed E-state index contributed by atoms with van der Waals surface area (Å²) in [6.45, 7) is 9.05. The van der Waals surface area contributed by atoms with Crippen molar-refractivity contribution in [1.82, 2.24) is 5.32 Å². The molecule has 2 rings (SSSR count). The van der Waals surface area contributed by atoms with Gasteiger partial charge in [-0.25, -0.2) is 0 Å². The average molecular weight is 271 g/mol. The molecule has 0 aliphatic carbocycles. The van der Waals surface area contributed by atoms with E-state index in [2.05, 4.69) is 48.3 Å². The number of hydrogen-bond donors (Lipinski definition) is 1. The largest absolute Gasteiger partial charge is 0.378 e. The average Bonchev–Trinajstić information content (AvgIpc) is 2.42. The van der Waals surface area contributed by atoms with Crippen LogP contribution in [-0.2, 0) is 4.74 Å². The Balaban J connectivity index is 0.00000162. The van der Waals surface area contributed by atoms with E-state index < -0.39 is 0 Å². The van der Waals surface area contributed by atoms with Crippen molar-refractivity contribution in [2.24, 2.45) is 0 Å². The Kier molecular flexibility index (Phi) is 6.47. The molecule has 1 aromatic carbocycles. The van der Waals surface area contributed by atoms with Crippen LogP contribution in [0.4, 0.5) is 5.69 Å². The molecule has 1 heterocycles. The Morgan fingerprint density at radius 3 is 2.39 bits per heavy atom. The van der Waals surface area contributed by atoms with E-state index in [-0.39, 0.29) is 12.4 Å². The van der Waals surface area contributed by atoms with Gasteiger partial charge in [0.05, 0.1) is 19.3 Å². The zero-order valence-corrected chi connectivity index (χ0v) is 12.0. The number of hydrogen-bond acceptors (Lipinski definition) is 3. The monoisotopic (exact) mass is 270 g/mol. The molecule has 1 N–H and O–H groups in total. The molecule has 18 heavy (non-hydrogen) atoms. The Labute approximate surface area is 116 Å². The van der Waals surface area contributed by atoms with Gasteiger partial charge in [0.25, 0.3) is 0 Å². The van der Waals surface area contributed by atoms with Crippen LogP contribution in [0.3, 0.4) is 0 Å². The summed E-state index contributed by atoms with van der Waals surface area (Å²) in [7, 11) is 0. The number of rotatable bonds is 4. The van der Waals surface area contributed by atoms with Crippen molar-refractivity contribution in [3.63, 3.8) is 0 Å². The minimum Gasteiger partial charge on any atom is -0.378 e. The first-order valence-corrected chi connectivity index (χ1v) is 6.51. The lowest BCUT2D eigenvalue weighted by atomic mass is 10.1. The molecule has 3 nitrogen and oxygen atoms in total. The fraction of sp³-hybridized carbons (Fsp3) is 0.571. The number of morpholine rings is 1. The topological polar surface area (TPSA) is 24.5 Å². The first-order chi connectivity index (χ1) is 8.35. The molecular formula is C14H23ClN2O. The lowest BCUT2D eigenvalue weighted by Crippen LogP contribution is -2.34. The highest BCUT2D eigenvalue weighted by atomic mass is 35.5. The number of benzene rings is 1. The van der Waals surface area contributed by atoms with Crippen LogP contribution in [0.15, 0.2) is 24.3 Å². The van der Waals surface area contributed by atoms with Gasteiger partial charge in [0.15, 0.2) is 0 Å². The number of halogens is 1. The van der Waals surface area contributed by atoms with Gasteiger partial charge >= 0.3 is 0 Å². The molecule has 102 valence electrons. The zero-order chi connectivity index (χ0) is 12.1. The second kappa shape index (κ2) is 7.62. The van der Waals surface area contributed by atoms with E-state index in [0.717, 1.165) is 32.8 Å². The Morgan fingerprint density at radius 2 is 1.89 bits per heavy atom. The standard InChI is InChI=1S/C14H22N2O.ClH/c1-3-16(4-2)13-7-5-12(6-8-13)14-11-17-10-9-15-14;/h5-8,14-15H,3-4,9-11H2,1-2H3;1H/t14-;/m0./s1. The Hall–Kier alpha value is -0.770. The molecule has 1 aromatic rings. The Bertz CT molecular complexity index is 332. The van der Waals surface area contributed by atoms with Crippen LogP contribution in [0, 0.1) is 0 Å². The van der Waals surface area contributed by atoms with E-state index >= 15 is 0 Å². The molecule has 0 unspecified atom stereocenters. The molecule has 0 spiro atoms. The molecule has 4 heteroatoms. The summed E-state index contributed by atoms with van der Waals surface area (Å²) < 4.78 is 5.48. The van der Waals surface area contributed by atoms with Crippen molar-refractivity contribution in [2.75, 3.05) is 37.7 Å². The molecule has 1 fully saturated rings. The van der Waals surface area contributed by atoms with Crippen molar-refractivity contribution in [2.45, 2.75) is 19.9 Å². The van der Waals surface area contributed by atoms with Crippen molar-refractivity contribution in [1.29, 1.82) is 0 Å². The maximum absolute atomic E-state index is 5.48. The second-order valence-corrected chi connectivity index (χ2v) is 4.35. The summed E-state index contributed by atoms with van der Waals surface area (Å²) in [5.74, 6) is 0. The quantitative estimate of drug-likeness (QED) is 0.910. The van der Waals surface area contributed by atoms with Gasteiger partial charge in [-0.15, -0.1) is 12.4 Å². The Morgan fingerprint density at radius 1 is 1.22 bits per heavy atom. The molecule has 0 saturated carbocycles. The highest BCUT2D eigenvalue weighted by molar-refractivity contribution is 5.85. The van der Waals surface area contributed by atoms with Gasteiger partial charge in [-0.3, -0.25) is 0 Å². The minimum absolute atomic E-state index is 0. The summed E-state index contributed by atoms with van der Waals surface area (Å²) >= 11 is 0. The van der Waals surface area contributed by atoms with Crippen LogP contribution in [0.25, 0.3) is 0 Å². The van der Waals surface area contributed by atoms with Crippen LogP contribution in [0.2, 0.25) is 0 Å². The van der Waals surface area contributed by atoms with Crippen LogP contribution >= 0.6 is 12.4 Å². The number of nitrogens with zero attached hydrogens (tertiary/aromatic N) is 1. The predicted octanol–water partition coefficient (Wildman–Crippen LogP) is 2.62. The lowest BCUT2D eigenvalue weighted by Gasteiger charge is -2.25. The van der Waals surface area contributed by atoms with Gasteiger partial charge in [0.2, 0.25) is 0 Å². The van der Waals surface area contributed by atoms with Gasteiger partial charge in [0, 0.05) is 25.3 Å². The van der Waals surface area contributed by atoms with E-state index in [1.807, 2.05) is 0 Å². The molecule has 0 aromatic heterocycles. The molecular weight excluding hydrogens is 248 g/mol. The van der Waals surface area contributed by atoms with E-state index in [4.69, 9.17) is 4.74 Å². The highest BCUT2D eigenvalue weighted by Gasteiger charge is 2.14. The van der Waals surface area contributed by atoms with Gasteiger partial charge < -0.3 is 15.0 Å². The summed E-state index contributed by atoms with van der Waals surface area (Å²) in [6, 6.07) is 9.19. The fourth-order valence-electron chi connectivity index (χ4n) is 2.29. The number of ether oxygens (including phenoxy) is 1. The maximum Gasteiger partial charge on any atom is 0.0662 e. The first kappa shape index (κ1) is 15.3. The summed E-state index contributed by atoms with van der Waals surface area (Å²) in [4.78, 5) is 2.36. The number of anilines is 1. The third-order valence-corrected chi connectivity index (χ3v) is 3.35. The molecule has 1 atom stereocenters. The van der Waals surface area contributed by atoms with Gasteiger partial charge in [-0.2, -0.15) is 0 Å². The summed E-state index contributed by atoms with van der Waals surface area (Å²) in [5, 5.41) is 3.47. The van der Waals surface area contributed by atoms with Gasteiger partial charge in [-0.1, -0.05) is 12.1 Å². The van der Waals surface area contributed by atoms with E-state index in [0.29, 0.717) is 6.04 Å². The molecule has 0 radical (unpaired) electrons. The maximum atomic E-state index is 5.48. The highest BCUT2D eigenvalue weighted by Crippen LogP contribution is 2.20. The van der Waals surface area contributed by atoms with Gasteiger partial charge in [-0.05, 0) is 31.5 Å². The zero-order valence-electron chi connectivity index (χ0n) is 11.2. The molecule has 0 bridgehead atoms. The first-order valence-electron chi connectivity index (χ1n) is 6.51. The van der Waals surface area contributed by atoms with Crippen molar-refractivity contribution < 1.29 is 4.74 Å². The lowest BCUT2D eigenvalue weighted by molar-refractivity contribution is 0.0769. The van der Waals surface area contributed by atoms with E-state index in [1.54, 1.807) is 0 Å².